The van der Waals surface area contributed by atoms with E-state index < -0.39 is 29.7 Å². The molecule has 0 aromatic carbocycles. The van der Waals surface area contributed by atoms with Gasteiger partial charge in [0.1, 0.15) is 6.61 Å². The summed E-state index contributed by atoms with van der Waals surface area (Å²) >= 11 is 0. The Labute approximate surface area is 111 Å². The van der Waals surface area contributed by atoms with Gasteiger partial charge in [0.2, 0.25) is 6.29 Å². The van der Waals surface area contributed by atoms with Crippen molar-refractivity contribution >= 4 is 17.7 Å². The predicted molar refractivity (Wildman–Crippen MR) is 65.0 cm³/mol. The molecule has 19 heavy (non-hydrogen) atoms. The van der Waals surface area contributed by atoms with E-state index in [1.54, 1.807) is 20.8 Å². The molecule has 0 N–H and O–H groups in total. The van der Waals surface area contributed by atoms with Crippen LogP contribution in [0.25, 0.3) is 0 Å². The molecule has 0 amide bonds. The Bertz CT molecular complexity index is 404. The van der Waals surface area contributed by atoms with Gasteiger partial charge in [-0.3, -0.25) is 14.4 Å². The van der Waals surface area contributed by atoms with Gasteiger partial charge in [-0.1, -0.05) is 0 Å². The first kappa shape index (κ1) is 15.4. The van der Waals surface area contributed by atoms with Crippen molar-refractivity contribution in [1.82, 2.24) is 0 Å². The molecule has 0 bridgehead atoms. The predicted octanol–water partition coefficient (Wildman–Crippen LogP) is 0.989. The molecule has 1 aliphatic rings. The van der Waals surface area contributed by atoms with Crippen molar-refractivity contribution in [2.45, 2.75) is 40.1 Å². The van der Waals surface area contributed by atoms with E-state index in [1.807, 2.05) is 0 Å². The summed E-state index contributed by atoms with van der Waals surface area (Å²) in [5.41, 5.74) is -0.650. The van der Waals surface area contributed by atoms with Gasteiger partial charge in [0.05, 0.1) is 5.41 Å². The lowest BCUT2D eigenvalue weighted by molar-refractivity contribution is -0.188. The zero-order valence-corrected chi connectivity index (χ0v) is 11.5. The molecule has 106 valence electrons. The number of ether oxygens (including phenoxy) is 3. The quantitative estimate of drug-likeness (QED) is 0.711. The average molecular weight is 270 g/mol. The molecule has 0 aromatic heterocycles. The maximum absolute atomic E-state index is 11.6. The van der Waals surface area contributed by atoms with Crippen molar-refractivity contribution in [3.8, 4) is 0 Å². The van der Waals surface area contributed by atoms with E-state index in [0.29, 0.717) is 0 Å². The Morgan fingerprint density at radius 1 is 1.37 bits per heavy atom. The number of carbonyl (C=O) groups is 3. The highest BCUT2D eigenvalue weighted by molar-refractivity contribution is 5.94. The zero-order chi connectivity index (χ0) is 14.6. The summed E-state index contributed by atoms with van der Waals surface area (Å²) in [5, 5.41) is 0. The highest BCUT2D eigenvalue weighted by Gasteiger charge is 2.30. The lowest BCUT2D eigenvalue weighted by Gasteiger charge is -2.25. The molecule has 0 radical (unpaired) electrons. The summed E-state index contributed by atoms with van der Waals surface area (Å²) < 4.78 is 15.0. The molecule has 0 unspecified atom stereocenters. The topological polar surface area (TPSA) is 78.9 Å². The summed E-state index contributed by atoms with van der Waals surface area (Å²) in [6.07, 6.45) is 0.729. The molecule has 6 heteroatoms. The van der Waals surface area contributed by atoms with Crippen molar-refractivity contribution < 1.29 is 28.6 Å². The van der Waals surface area contributed by atoms with Crippen molar-refractivity contribution in [3.05, 3.63) is 12.2 Å². The molecule has 2 atom stereocenters. The molecule has 0 aromatic rings. The maximum Gasteiger partial charge on any atom is 0.311 e. The van der Waals surface area contributed by atoms with Crippen LogP contribution in [0.3, 0.4) is 0 Å². The van der Waals surface area contributed by atoms with Gasteiger partial charge in [-0.05, 0) is 32.9 Å². The Hall–Kier alpha value is -1.69. The Kier molecular flexibility index (Phi) is 4.83. The second kappa shape index (κ2) is 5.97. The van der Waals surface area contributed by atoms with Crippen molar-refractivity contribution in [2.24, 2.45) is 5.41 Å². The third-order valence-corrected chi connectivity index (χ3v) is 2.29. The standard InChI is InChI=1S/C13H18O6/c1-8(14)18-11-6-5-9(15)10(19-11)7-17-12(16)13(2,3)4/h5-6,10-11H,7H2,1-4H3/t10-,11+/m1/s1. The van der Waals surface area contributed by atoms with Gasteiger partial charge in [0.15, 0.2) is 11.9 Å². The van der Waals surface area contributed by atoms with E-state index in [4.69, 9.17) is 14.2 Å². The fourth-order valence-corrected chi connectivity index (χ4v) is 1.27. The summed E-state index contributed by atoms with van der Waals surface area (Å²) in [6, 6.07) is 0. The third kappa shape index (κ3) is 4.82. The van der Waals surface area contributed by atoms with Crippen LogP contribution < -0.4 is 0 Å². The minimum Gasteiger partial charge on any atom is -0.462 e. The highest BCUT2D eigenvalue weighted by Crippen LogP contribution is 2.17. The minimum absolute atomic E-state index is 0.197. The normalized spacial score (nSPS) is 23.1. The number of esters is 2. The third-order valence-electron chi connectivity index (χ3n) is 2.29. The monoisotopic (exact) mass is 270 g/mol. The van der Waals surface area contributed by atoms with Gasteiger partial charge >= 0.3 is 11.9 Å². The van der Waals surface area contributed by atoms with E-state index in [2.05, 4.69) is 0 Å². The van der Waals surface area contributed by atoms with Crippen LogP contribution in [-0.4, -0.2) is 36.7 Å². The van der Waals surface area contributed by atoms with E-state index in [0.717, 1.165) is 0 Å². The molecule has 0 saturated carbocycles. The van der Waals surface area contributed by atoms with E-state index in [-0.39, 0.29) is 12.4 Å². The smallest absolute Gasteiger partial charge is 0.311 e. The Balaban J connectivity index is 2.54. The van der Waals surface area contributed by atoms with Crippen LogP contribution in [0.15, 0.2) is 12.2 Å². The molecule has 0 spiro atoms. The molecule has 0 saturated heterocycles. The number of ketones is 1. The zero-order valence-electron chi connectivity index (χ0n) is 11.5. The Morgan fingerprint density at radius 2 is 2.00 bits per heavy atom. The average Bonchev–Trinajstić information content (AvgIpc) is 2.27. The number of hydrogen-bond donors (Lipinski definition) is 0. The molecular formula is C13H18O6. The number of carbonyl (C=O) groups excluding carboxylic acids is 3. The van der Waals surface area contributed by atoms with Gasteiger partial charge in [0.25, 0.3) is 0 Å². The largest absolute Gasteiger partial charge is 0.462 e. The molecule has 0 aliphatic carbocycles. The second-order valence-electron chi connectivity index (χ2n) is 5.21. The van der Waals surface area contributed by atoms with E-state index in [9.17, 15) is 14.4 Å². The number of hydrogen-bond acceptors (Lipinski definition) is 6. The fourth-order valence-electron chi connectivity index (χ4n) is 1.27. The molecule has 1 aliphatic heterocycles. The molecule has 6 nitrogen and oxygen atoms in total. The lowest BCUT2D eigenvalue weighted by atomic mass is 9.97. The van der Waals surface area contributed by atoms with Crippen molar-refractivity contribution in [1.29, 1.82) is 0 Å². The van der Waals surface area contributed by atoms with Gasteiger partial charge in [-0.15, -0.1) is 0 Å². The summed E-state index contributed by atoms with van der Waals surface area (Å²) in [4.78, 5) is 33.9. The molecule has 1 rings (SSSR count). The maximum atomic E-state index is 11.6. The fraction of sp³-hybridized carbons (Fsp3) is 0.615. The summed E-state index contributed by atoms with van der Waals surface area (Å²) in [5.74, 6) is -1.28. The Morgan fingerprint density at radius 3 is 2.53 bits per heavy atom. The van der Waals surface area contributed by atoms with Crippen molar-refractivity contribution in [3.63, 3.8) is 0 Å². The molecule has 0 fully saturated rings. The minimum atomic E-state index is -0.944. The van der Waals surface area contributed by atoms with Gasteiger partial charge in [0, 0.05) is 6.92 Å². The molecule has 1 heterocycles. The van der Waals surface area contributed by atoms with Crippen LogP contribution in [0.1, 0.15) is 27.7 Å². The van der Waals surface area contributed by atoms with Crippen LogP contribution in [0.5, 0.6) is 0 Å². The lowest BCUT2D eigenvalue weighted by Crippen LogP contribution is -2.38. The second-order valence-corrected chi connectivity index (χ2v) is 5.21. The van der Waals surface area contributed by atoms with Gasteiger partial charge in [-0.25, -0.2) is 0 Å². The first-order valence-electron chi connectivity index (χ1n) is 5.92. The van der Waals surface area contributed by atoms with E-state index >= 15 is 0 Å². The van der Waals surface area contributed by atoms with Crippen LogP contribution in [0, 0.1) is 5.41 Å². The summed E-state index contributed by atoms with van der Waals surface area (Å²) in [6.45, 7) is 6.17. The van der Waals surface area contributed by atoms with Gasteiger partial charge < -0.3 is 14.2 Å². The first-order chi connectivity index (χ1) is 8.70. The number of rotatable bonds is 3. The molecular weight excluding hydrogens is 252 g/mol. The van der Waals surface area contributed by atoms with E-state index in [1.165, 1.54) is 19.1 Å². The van der Waals surface area contributed by atoms with Crippen LogP contribution in [0.4, 0.5) is 0 Å². The summed E-state index contributed by atoms with van der Waals surface area (Å²) in [7, 11) is 0. The van der Waals surface area contributed by atoms with Crippen LogP contribution in [0.2, 0.25) is 0 Å². The van der Waals surface area contributed by atoms with Crippen LogP contribution in [-0.2, 0) is 28.6 Å². The van der Waals surface area contributed by atoms with Crippen LogP contribution >= 0.6 is 0 Å². The van der Waals surface area contributed by atoms with Gasteiger partial charge in [-0.2, -0.15) is 0 Å². The first-order valence-corrected chi connectivity index (χ1v) is 5.92. The highest BCUT2D eigenvalue weighted by atomic mass is 16.7. The van der Waals surface area contributed by atoms with Crippen molar-refractivity contribution in [2.75, 3.05) is 6.61 Å². The SMILES string of the molecule is CC(=O)O[C@@H]1C=CC(=O)[C@@H](COC(=O)C(C)(C)C)O1.